The van der Waals surface area contributed by atoms with Gasteiger partial charge in [0.15, 0.2) is 0 Å². The first kappa shape index (κ1) is 16.3. The SMILES string of the molecule is Cc1cc(CCNC(=O)c2ccc(C(C)(C)C)cc2)nn1C. The number of carbonyl (C=O) groups is 1. The molecule has 0 saturated carbocycles. The van der Waals surface area contributed by atoms with Crippen molar-refractivity contribution >= 4 is 5.91 Å². The van der Waals surface area contributed by atoms with Crippen LogP contribution < -0.4 is 5.32 Å². The number of benzene rings is 1. The molecule has 4 heteroatoms. The molecule has 1 aromatic carbocycles. The molecule has 4 nitrogen and oxygen atoms in total. The van der Waals surface area contributed by atoms with Crippen molar-refractivity contribution in [3.05, 3.63) is 52.8 Å². The van der Waals surface area contributed by atoms with E-state index in [1.807, 2.05) is 49.0 Å². The summed E-state index contributed by atoms with van der Waals surface area (Å²) in [4.78, 5) is 12.1. The van der Waals surface area contributed by atoms with Crippen LogP contribution in [0, 0.1) is 6.92 Å². The third kappa shape index (κ3) is 3.97. The molecule has 0 atom stereocenters. The van der Waals surface area contributed by atoms with Gasteiger partial charge in [0.25, 0.3) is 5.91 Å². The van der Waals surface area contributed by atoms with Crippen LogP contribution in [0.5, 0.6) is 0 Å². The van der Waals surface area contributed by atoms with Crippen molar-refractivity contribution in [2.75, 3.05) is 6.54 Å². The zero-order chi connectivity index (χ0) is 16.3. The molecule has 1 amide bonds. The van der Waals surface area contributed by atoms with Crippen LogP contribution in [0.2, 0.25) is 0 Å². The minimum absolute atomic E-state index is 0.0342. The van der Waals surface area contributed by atoms with E-state index in [1.54, 1.807) is 0 Å². The molecule has 2 rings (SSSR count). The molecular formula is C18H25N3O. The van der Waals surface area contributed by atoms with Gasteiger partial charge in [0.2, 0.25) is 0 Å². The lowest BCUT2D eigenvalue weighted by Gasteiger charge is -2.19. The van der Waals surface area contributed by atoms with E-state index in [4.69, 9.17) is 0 Å². The third-order valence-electron chi connectivity index (χ3n) is 3.84. The van der Waals surface area contributed by atoms with Crippen LogP contribution in [0.1, 0.15) is 48.1 Å². The molecule has 0 radical (unpaired) electrons. The number of hydrogen-bond donors (Lipinski definition) is 1. The summed E-state index contributed by atoms with van der Waals surface area (Å²) in [5.41, 5.74) is 4.16. The topological polar surface area (TPSA) is 46.9 Å². The van der Waals surface area contributed by atoms with Gasteiger partial charge in [0.05, 0.1) is 5.69 Å². The number of amides is 1. The van der Waals surface area contributed by atoms with Gasteiger partial charge >= 0.3 is 0 Å². The maximum absolute atomic E-state index is 12.1. The lowest BCUT2D eigenvalue weighted by Crippen LogP contribution is -2.26. The number of hydrogen-bond acceptors (Lipinski definition) is 2. The molecule has 0 bridgehead atoms. The highest BCUT2D eigenvalue weighted by molar-refractivity contribution is 5.94. The fraction of sp³-hybridized carbons (Fsp3) is 0.444. The Bertz CT molecular complexity index is 628. The van der Waals surface area contributed by atoms with Crippen molar-refractivity contribution in [2.24, 2.45) is 7.05 Å². The van der Waals surface area contributed by atoms with E-state index in [-0.39, 0.29) is 11.3 Å². The highest BCUT2D eigenvalue weighted by Crippen LogP contribution is 2.22. The number of aromatic nitrogens is 2. The van der Waals surface area contributed by atoms with Crippen molar-refractivity contribution in [1.29, 1.82) is 0 Å². The summed E-state index contributed by atoms with van der Waals surface area (Å²) < 4.78 is 1.85. The molecule has 0 spiro atoms. The molecule has 1 heterocycles. The first-order valence-electron chi connectivity index (χ1n) is 7.65. The number of nitrogens with one attached hydrogen (secondary N) is 1. The summed E-state index contributed by atoms with van der Waals surface area (Å²) >= 11 is 0. The average molecular weight is 299 g/mol. The minimum Gasteiger partial charge on any atom is -0.352 e. The molecule has 118 valence electrons. The number of aryl methyl sites for hydroxylation is 2. The van der Waals surface area contributed by atoms with Crippen LogP contribution in [0.15, 0.2) is 30.3 Å². The van der Waals surface area contributed by atoms with E-state index in [2.05, 4.69) is 31.2 Å². The number of rotatable bonds is 4. The molecule has 0 aliphatic heterocycles. The molecule has 0 saturated heterocycles. The first-order valence-corrected chi connectivity index (χ1v) is 7.65. The molecule has 1 aromatic heterocycles. The summed E-state index contributed by atoms with van der Waals surface area (Å²) in [5.74, 6) is -0.0342. The third-order valence-corrected chi connectivity index (χ3v) is 3.84. The summed E-state index contributed by atoms with van der Waals surface area (Å²) in [5, 5.41) is 7.33. The van der Waals surface area contributed by atoms with Crippen LogP contribution in [-0.2, 0) is 18.9 Å². The fourth-order valence-corrected chi connectivity index (χ4v) is 2.28. The molecular weight excluding hydrogens is 274 g/mol. The number of nitrogens with zero attached hydrogens (tertiary/aromatic N) is 2. The van der Waals surface area contributed by atoms with Gasteiger partial charge in [-0.25, -0.2) is 0 Å². The minimum atomic E-state index is -0.0342. The monoisotopic (exact) mass is 299 g/mol. The predicted molar refractivity (Wildman–Crippen MR) is 89.1 cm³/mol. The van der Waals surface area contributed by atoms with Crippen molar-refractivity contribution in [3.8, 4) is 0 Å². The predicted octanol–water partition coefficient (Wildman–Crippen LogP) is 3.00. The van der Waals surface area contributed by atoms with Crippen LogP contribution >= 0.6 is 0 Å². The van der Waals surface area contributed by atoms with Crippen LogP contribution in [0.4, 0.5) is 0 Å². The maximum Gasteiger partial charge on any atom is 0.251 e. The Morgan fingerprint density at radius 1 is 1.23 bits per heavy atom. The fourth-order valence-electron chi connectivity index (χ4n) is 2.28. The highest BCUT2D eigenvalue weighted by atomic mass is 16.1. The van der Waals surface area contributed by atoms with Gasteiger partial charge in [-0.15, -0.1) is 0 Å². The molecule has 0 aliphatic rings. The Labute approximate surface area is 132 Å². The normalized spacial score (nSPS) is 11.5. The van der Waals surface area contributed by atoms with Crippen LogP contribution in [0.3, 0.4) is 0 Å². The highest BCUT2D eigenvalue weighted by Gasteiger charge is 2.14. The maximum atomic E-state index is 12.1. The Kier molecular flexibility index (Phi) is 4.69. The van der Waals surface area contributed by atoms with Crippen molar-refractivity contribution < 1.29 is 4.79 Å². The molecule has 0 fully saturated rings. The molecule has 0 unspecified atom stereocenters. The second-order valence-corrected chi connectivity index (χ2v) is 6.73. The zero-order valence-corrected chi connectivity index (χ0v) is 14.1. The van der Waals surface area contributed by atoms with E-state index in [1.165, 1.54) is 5.56 Å². The van der Waals surface area contributed by atoms with E-state index in [0.717, 1.165) is 17.8 Å². The quantitative estimate of drug-likeness (QED) is 0.943. The van der Waals surface area contributed by atoms with Crippen molar-refractivity contribution in [3.63, 3.8) is 0 Å². The van der Waals surface area contributed by atoms with Gasteiger partial charge in [0, 0.05) is 31.3 Å². The molecule has 0 aliphatic carbocycles. The van der Waals surface area contributed by atoms with E-state index in [9.17, 15) is 4.79 Å². The van der Waals surface area contributed by atoms with Gasteiger partial charge in [-0.3, -0.25) is 9.48 Å². The summed E-state index contributed by atoms with van der Waals surface area (Å²) in [6.45, 7) is 9.10. The second kappa shape index (κ2) is 6.34. The Morgan fingerprint density at radius 2 is 1.86 bits per heavy atom. The Morgan fingerprint density at radius 3 is 2.36 bits per heavy atom. The lowest BCUT2D eigenvalue weighted by atomic mass is 9.87. The zero-order valence-electron chi connectivity index (χ0n) is 14.1. The second-order valence-electron chi connectivity index (χ2n) is 6.73. The first-order chi connectivity index (χ1) is 10.3. The largest absolute Gasteiger partial charge is 0.352 e. The Hall–Kier alpha value is -2.10. The van der Waals surface area contributed by atoms with E-state index >= 15 is 0 Å². The summed E-state index contributed by atoms with van der Waals surface area (Å²) in [6.07, 6.45) is 0.744. The molecule has 22 heavy (non-hydrogen) atoms. The van der Waals surface area contributed by atoms with Crippen molar-refractivity contribution in [1.82, 2.24) is 15.1 Å². The standard InChI is InChI=1S/C18H25N3O/c1-13-12-16(20-21(13)5)10-11-19-17(22)14-6-8-15(9-7-14)18(2,3)4/h6-9,12H,10-11H2,1-5H3,(H,19,22). The average Bonchev–Trinajstić information content (AvgIpc) is 2.77. The smallest absolute Gasteiger partial charge is 0.251 e. The van der Waals surface area contributed by atoms with Crippen LogP contribution in [0.25, 0.3) is 0 Å². The van der Waals surface area contributed by atoms with Gasteiger partial charge in [0.1, 0.15) is 0 Å². The summed E-state index contributed by atoms with van der Waals surface area (Å²) in [7, 11) is 1.92. The Balaban J connectivity index is 1.89. The van der Waals surface area contributed by atoms with E-state index < -0.39 is 0 Å². The number of carbonyl (C=O) groups excluding carboxylic acids is 1. The summed E-state index contributed by atoms with van der Waals surface area (Å²) in [6, 6.07) is 9.87. The van der Waals surface area contributed by atoms with Gasteiger partial charge < -0.3 is 5.32 Å². The van der Waals surface area contributed by atoms with Gasteiger partial charge in [-0.05, 0) is 36.1 Å². The van der Waals surface area contributed by atoms with Gasteiger partial charge in [-0.2, -0.15) is 5.10 Å². The van der Waals surface area contributed by atoms with Gasteiger partial charge in [-0.1, -0.05) is 32.9 Å². The molecule has 2 aromatic rings. The lowest BCUT2D eigenvalue weighted by molar-refractivity contribution is 0.0954. The van der Waals surface area contributed by atoms with Crippen LogP contribution in [-0.4, -0.2) is 22.2 Å². The molecule has 1 N–H and O–H groups in total. The van der Waals surface area contributed by atoms with E-state index in [0.29, 0.717) is 12.1 Å². The van der Waals surface area contributed by atoms with Crippen molar-refractivity contribution in [2.45, 2.75) is 39.5 Å².